The van der Waals surface area contributed by atoms with Crippen molar-refractivity contribution in [1.82, 2.24) is 25.0 Å². The zero-order valence-corrected chi connectivity index (χ0v) is 16.0. The number of hydrogen-bond acceptors (Lipinski definition) is 6. The predicted molar refractivity (Wildman–Crippen MR) is 103 cm³/mol. The maximum atomic E-state index is 12.1. The van der Waals surface area contributed by atoms with Gasteiger partial charge in [-0.15, -0.1) is 0 Å². The summed E-state index contributed by atoms with van der Waals surface area (Å²) in [6.07, 6.45) is 2.32. The molecular formula is C20H21N5O3. The molecule has 1 N–H and O–H groups in total. The molecule has 8 nitrogen and oxygen atoms in total. The Hall–Kier alpha value is -3.42. The maximum Gasteiger partial charge on any atom is 0.287 e. The molecule has 0 spiro atoms. The number of aromatic nitrogens is 4. The number of nitrogens with zero attached hydrogens (tertiary/aromatic N) is 4. The summed E-state index contributed by atoms with van der Waals surface area (Å²) >= 11 is 0. The van der Waals surface area contributed by atoms with Gasteiger partial charge >= 0.3 is 0 Å². The minimum atomic E-state index is -0.449. The van der Waals surface area contributed by atoms with Gasteiger partial charge in [0.1, 0.15) is 11.9 Å². The van der Waals surface area contributed by atoms with Gasteiger partial charge in [0.15, 0.2) is 5.76 Å². The fourth-order valence-corrected chi connectivity index (χ4v) is 3.20. The van der Waals surface area contributed by atoms with Crippen LogP contribution in [-0.4, -0.2) is 25.6 Å². The number of imidazole rings is 1. The average molecular weight is 379 g/mol. The van der Waals surface area contributed by atoms with Crippen LogP contribution in [0, 0.1) is 0 Å². The number of carbonyl (C=O) groups excluding carboxylic acids is 1. The Balaban J connectivity index is 1.59. The van der Waals surface area contributed by atoms with Crippen LogP contribution < -0.4 is 5.32 Å². The second kappa shape index (κ2) is 7.30. The van der Waals surface area contributed by atoms with Crippen LogP contribution in [0.4, 0.5) is 0 Å². The van der Waals surface area contributed by atoms with E-state index < -0.39 is 6.04 Å². The predicted octanol–water partition coefficient (Wildman–Crippen LogP) is 3.75. The molecule has 3 heterocycles. The van der Waals surface area contributed by atoms with Crippen molar-refractivity contribution >= 4 is 16.9 Å². The summed E-state index contributed by atoms with van der Waals surface area (Å²) in [5, 5.41) is 6.86. The number of furan rings is 1. The molecule has 1 amide bonds. The molecule has 4 rings (SSSR count). The molecule has 3 aromatic heterocycles. The van der Waals surface area contributed by atoms with Crippen molar-refractivity contribution in [2.75, 3.05) is 0 Å². The first-order valence-corrected chi connectivity index (χ1v) is 9.28. The van der Waals surface area contributed by atoms with Crippen molar-refractivity contribution in [3.63, 3.8) is 0 Å². The quantitative estimate of drug-likeness (QED) is 0.548. The fraction of sp³-hybridized carbons (Fsp3) is 0.300. The summed E-state index contributed by atoms with van der Waals surface area (Å²) in [5.74, 6) is 1.75. The Morgan fingerprint density at radius 3 is 2.82 bits per heavy atom. The maximum absolute atomic E-state index is 12.1. The lowest BCUT2D eigenvalue weighted by molar-refractivity contribution is 0.0904. The van der Waals surface area contributed by atoms with Crippen molar-refractivity contribution in [2.45, 2.75) is 39.8 Å². The molecule has 0 aliphatic heterocycles. The molecule has 0 saturated carbocycles. The third-order valence-corrected chi connectivity index (χ3v) is 4.62. The Morgan fingerprint density at radius 2 is 2.11 bits per heavy atom. The molecule has 0 bridgehead atoms. The zero-order valence-electron chi connectivity index (χ0n) is 16.0. The van der Waals surface area contributed by atoms with Crippen LogP contribution >= 0.6 is 0 Å². The van der Waals surface area contributed by atoms with Crippen molar-refractivity contribution in [3.8, 4) is 11.4 Å². The molecule has 8 heteroatoms. The minimum Gasteiger partial charge on any atom is -0.459 e. The van der Waals surface area contributed by atoms with E-state index in [0.29, 0.717) is 11.7 Å². The Kier molecular flexibility index (Phi) is 4.68. The van der Waals surface area contributed by atoms with Crippen LogP contribution in [0.15, 0.2) is 45.5 Å². The lowest BCUT2D eigenvalue weighted by Gasteiger charge is -2.07. The highest BCUT2D eigenvalue weighted by molar-refractivity contribution is 5.91. The van der Waals surface area contributed by atoms with E-state index in [4.69, 9.17) is 8.94 Å². The first kappa shape index (κ1) is 18.0. The van der Waals surface area contributed by atoms with Gasteiger partial charge in [-0.05, 0) is 44.2 Å². The number of benzene rings is 1. The molecule has 0 unspecified atom stereocenters. The second-order valence-electron chi connectivity index (χ2n) is 6.46. The third-order valence-electron chi connectivity index (χ3n) is 4.62. The van der Waals surface area contributed by atoms with Gasteiger partial charge < -0.3 is 18.8 Å². The van der Waals surface area contributed by atoms with Gasteiger partial charge in [0.05, 0.1) is 17.3 Å². The van der Waals surface area contributed by atoms with E-state index in [1.807, 2.05) is 18.2 Å². The highest BCUT2D eigenvalue weighted by Crippen LogP contribution is 2.25. The van der Waals surface area contributed by atoms with E-state index in [1.54, 1.807) is 19.1 Å². The standard InChI is InChI=1S/C20H21N5O3/c1-4-17-22-14-9-8-13(11-15(14)25(17)5-2)18-23-20(28-24-18)12(3)21-19(26)16-7-6-10-27-16/h6-12H,4-5H2,1-3H3,(H,21,26)/t12-/m1/s1. The lowest BCUT2D eigenvalue weighted by Crippen LogP contribution is -2.26. The number of aryl methyl sites for hydroxylation is 2. The van der Waals surface area contributed by atoms with Crippen LogP contribution in [0.1, 0.15) is 49.1 Å². The van der Waals surface area contributed by atoms with Gasteiger partial charge in [0.2, 0.25) is 11.7 Å². The number of amides is 1. The van der Waals surface area contributed by atoms with Crippen molar-refractivity contribution < 1.29 is 13.7 Å². The van der Waals surface area contributed by atoms with Gasteiger partial charge in [-0.2, -0.15) is 4.98 Å². The van der Waals surface area contributed by atoms with Crippen LogP contribution in [-0.2, 0) is 13.0 Å². The summed E-state index contributed by atoms with van der Waals surface area (Å²) in [4.78, 5) is 21.2. The van der Waals surface area contributed by atoms with Crippen LogP contribution in [0.2, 0.25) is 0 Å². The largest absolute Gasteiger partial charge is 0.459 e. The molecule has 0 radical (unpaired) electrons. The smallest absolute Gasteiger partial charge is 0.287 e. The molecule has 144 valence electrons. The molecule has 1 aromatic carbocycles. The lowest BCUT2D eigenvalue weighted by atomic mass is 10.2. The SMILES string of the molecule is CCc1nc2ccc(-c3noc([C@@H](C)NC(=O)c4ccco4)n3)cc2n1CC. The molecule has 0 fully saturated rings. The number of rotatable bonds is 6. The van der Waals surface area contributed by atoms with Gasteiger partial charge in [-0.1, -0.05) is 12.1 Å². The Labute approximate surface area is 161 Å². The first-order chi connectivity index (χ1) is 13.6. The number of hydrogen-bond donors (Lipinski definition) is 1. The summed E-state index contributed by atoms with van der Waals surface area (Å²) in [6, 6.07) is 8.72. The normalized spacial score (nSPS) is 12.4. The van der Waals surface area contributed by atoms with E-state index >= 15 is 0 Å². The Morgan fingerprint density at radius 1 is 1.25 bits per heavy atom. The van der Waals surface area contributed by atoms with E-state index in [0.717, 1.165) is 35.4 Å². The monoisotopic (exact) mass is 379 g/mol. The molecule has 0 saturated heterocycles. The highest BCUT2D eigenvalue weighted by atomic mass is 16.5. The molecule has 4 aromatic rings. The van der Waals surface area contributed by atoms with E-state index in [2.05, 4.69) is 38.9 Å². The third kappa shape index (κ3) is 3.17. The van der Waals surface area contributed by atoms with Gasteiger partial charge in [0, 0.05) is 18.5 Å². The molecule has 28 heavy (non-hydrogen) atoms. The van der Waals surface area contributed by atoms with Gasteiger partial charge in [-0.3, -0.25) is 4.79 Å². The fourth-order valence-electron chi connectivity index (χ4n) is 3.20. The van der Waals surface area contributed by atoms with Crippen molar-refractivity contribution in [3.05, 3.63) is 54.1 Å². The van der Waals surface area contributed by atoms with Crippen molar-refractivity contribution in [1.29, 1.82) is 0 Å². The Bertz CT molecular complexity index is 1110. The summed E-state index contributed by atoms with van der Waals surface area (Å²) in [5.41, 5.74) is 2.83. The zero-order chi connectivity index (χ0) is 19.7. The van der Waals surface area contributed by atoms with Gasteiger partial charge in [0.25, 0.3) is 5.91 Å². The topological polar surface area (TPSA) is 99.0 Å². The summed E-state index contributed by atoms with van der Waals surface area (Å²) in [7, 11) is 0. The van der Waals surface area contributed by atoms with Crippen LogP contribution in [0.5, 0.6) is 0 Å². The minimum absolute atomic E-state index is 0.233. The van der Waals surface area contributed by atoms with E-state index in [1.165, 1.54) is 6.26 Å². The highest BCUT2D eigenvalue weighted by Gasteiger charge is 2.20. The number of carbonyl (C=O) groups is 1. The summed E-state index contributed by atoms with van der Waals surface area (Å²) < 4.78 is 12.6. The van der Waals surface area contributed by atoms with Crippen LogP contribution in [0.3, 0.4) is 0 Å². The second-order valence-corrected chi connectivity index (χ2v) is 6.46. The van der Waals surface area contributed by atoms with E-state index in [-0.39, 0.29) is 11.7 Å². The number of fused-ring (bicyclic) bond motifs is 1. The summed E-state index contributed by atoms with van der Waals surface area (Å²) in [6.45, 7) is 6.82. The van der Waals surface area contributed by atoms with Gasteiger partial charge in [-0.25, -0.2) is 4.98 Å². The van der Waals surface area contributed by atoms with Crippen LogP contribution in [0.25, 0.3) is 22.4 Å². The molecule has 1 atom stereocenters. The molecule has 0 aliphatic carbocycles. The number of nitrogens with one attached hydrogen (secondary N) is 1. The first-order valence-electron chi connectivity index (χ1n) is 9.28. The van der Waals surface area contributed by atoms with E-state index in [9.17, 15) is 4.79 Å². The molecular weight excluding hydrogens is 358 g/mol. The van der Waals surface area contributed by atoms with Crippen molar-refractivity contribution in [2.24, 2.45) is 0 Å². The average Bonchev–Trinajstić information content (AvgIpc) is 3.46. The molecule has 0 aliphatic rings.